The van der Waals surface area contributed by atoms with Gasteiger partial charge in [-0.25, -0.2) is 4.72 Å². The lowest BCUT2D eigenvalue weighted by molar-refractivity contribution is 0.117. The van der Waals surface area contributed by atoms with Crippen LogP contribution in [0.2, 0.25) is 0 Å². The minimum absolute atomic E-state index is 0.324. The molecular weight excluding hydrogens is 338 g/mol. The van der Waals surface area contributed by atoms with E-state index in [9.17, 15) is 8.42 Å². The maximum Gasteiger partial charge on any atom is 0.279 e. The van der Waals surface area contributed by atoms with Crippen LogP contribution in [0, 0.1) is 11.8 Å². The number of hydrogen-bond donors (Lipinski definition) is 1. The van der Waals surface area contributed by atoms with Crippen LogP contribution in [-0.4, -0.2) is 70.1 Å². The molecule has 3 aliphatic rings. The second-order valence-electron chi connectivity index (χ2n) is 8.09. The van der Waals surface area contributed by atoms with E-state index in [1.54, 1.807) is 11.4 Å². The lowest BCUT2D eigenvalue weighted by Gasteiger charge is -2.36. The molecule has 146 valence electrons. The van der Waals surface area contributed by atoms with E-state index >= 15 is 0 Å². The molecule has 0 bridgehead atoms. The van der Waals surface area contributed by atoms with Gasteiger partial charge in [0.05, 0.1) is 6.61 Å². The Morgan fingerprint density at radius 2 is 1.68 bits per heavy atom. The van der Waals surface area contributed by atoms with Gasteiger partial charge in [0.15, 0.2) is 0 Å². The van der Waals surface area contributed by atoms with Crippen LogP contribution in [0.5, 0.6) is 0 Å². The van der Waals surface area contributed by atoms with Crippen LogP contribution < -0.4 is 4.72 Å². The van der Waals surface area contributed by atoms with E-state index in [0.29, 0.717) is 38.1 Å². The Morgan fingerprint density at radius 3 is 2.36 bits per heavy atom. The normalized spacial score (nSPS) is 28.6. The Hall–Kier alpha value is -0.210. The molecule has 0 radical (unpaired) electrons. The van der Waals surface area contributed by atoms with E-state index in [1.807, 2.05) is 0 Å². The molecule has 7 heteroatoms. The molecule has 1 saturated carbocycles. The SMILES string of the molecule is COCC1CCCN(S(=O)(=O)NCC2CCN(C3CCCC3)CC2)C1. The second kappa shape index (κ2) is 9.13. The fourth-order valence-electron chi connectivity index (χ4n) is 4.72. The Labute approximate surface area is 153 Å². The first kappa shape index (κ1) is 19.5. The molecule has 0 amide bonds. The van der Waals surface area contributed by atoms with Gasteiger partial charge in [-0.1, -0.05) is 12.8 Å². The lowest BCUT2D eigenvalue weighted by Crippen LogP contribution is -2.48. The third kappa shape index (κ3) is 5.39. The molecule has 1 aliphatic carbocycles. The molecule has 3 fully saturated rings. The summed E-state index contributed by atoms with van der Waals surface area (Å²) in [6.07, 6.45) is 9.68. The highest BCUT2D eigenvalue weighted by Gasteiger charge is 2.31. The Morgan fingerprint density at radius 1 is 0.960 bits per heavy atom. The van der Waals surface area contributed by atoms with Crippen LogP contribution in [-0.2, 0) is 14.9 Å². The highest BCUT2D eigenvalue weighted by molar-refractivity contribution is 7.87. The summed E-state index contributed by atoms with van der Waals surface area (Å²) in [5.74, 6) is 0.803. The van der Waals surface area contributed by atoms with Gasteiger partial charge in [-0.3, -0.25) is 0 Å². The van der Waals surface area contributed by atoms with Crippen LogP contribution >= 0.6 is 0 Å². The summed E-state index contributed by atoms with van der Waals surface area (Å²) in [4.78, 5) is 2.64. The minimum Gasteiger partial charge on any atom is -0.384 e. The number of ether oxygens (including phenoxy) is 1. The van der Waals surface area contributed by atoms with Crippen molar-refractivity contribution in [2.24, 2.45) is 11.8 Å². The third-order valence-corrected chi connectivity index (χ3v) is 7.81. The molecule has 2 heterocycles. The van der Waals surface area contributed by atoms with E-state index < -0.39 is 10.2 Å². The molecule has 1 atom stereocenters. The summed E-state index contributed by atoms with van der Waals surface area (Å²) in [6.45, 7) is 4.73. The third-order valence-electron chi connectivity index (χ3n) is 6.27. The Kier molecular flexibility index (Phi) is 7.14. The monoisotopic (exact) mass is 373 g/mol. The summed E-state index contributed by atoms with van der Waals surface area (Å²) in [5, 5.41) is 0. The van der Waals surface area contributed by atoms with Crippen LogP contribution in [0.25, 0.3) is 0 Å². The number of nitrogens with zero attached hydrogens (tertiary/aromatic N) is 2. The van der Waals surface area contributed by atoms with Gasteiger partial charge in [0, 0.05) is 32.8 Å². The van der Waals surface area contributed by atoms with Gasteiger partial charge in [-0.05, 0) is 63.5 Å². The summed E-state index contributed by atoms with van der Waals surface area (Å²) in [6, 6.07) is 0.795. The summed E-state index contributed by atoms with van der Waals surface area (Å²) >= 11 is 0. The average Bonchev–Trinajstić information content (AvgIpc) is 3.16. The van der Waals surface area contributed by atoms with Gasteiger partial charge in [-0.2, -0.15) is 12.7 Å². The van der Waals surface area contributed by atoms with Crippen LogP contribution in [0.1, 0.15) is 51.4 Å². The average molecular weight is 374 g/mol. The fraction of sp³-hybridized carbons (Fsp3) is 1.00. The minimum atomic E-state index is -3.35. The molecule has 1 unspecified atom stereocenters. The van der Waals surface area contributed by atoms with E-state index in [0.717, 1.165) is 44.8 Å². The zero-order chi connectivity index (χ0) is 17.7. The lowest BCUT2D eigenvalue weighted by atomic mass is 9.96. The number of hydrogen-bond acceptors (Lipinski definition) is 4. The van der Waals surface area contributed by atoms with Gasteiger partial charge < -0.3 is 9.64 Å². The topological polar surface area (TPSA) is 61.9 Å². The molecule has 0 spiro atoms. The van der Waals surface area contributed by atoms with Crippen molar-refractivity contribution in [2.45, 2.75) is 57.4 Å². The molecule has 6 nitrogen and oxygen atoms in total. The molecule has 2 saturated heterocycles. The largest absolute Gasteiger partial charge is 0.384 e. The first-order chi connectivity index (χ1) is 12.1. The first-order valence-corrected chi connectivity index (χ1v) is 11.5. The first-order valence-electron chi connectivity index (χ1n) is 10.1. The van der Waals surface area contributed by atoms with Crippen molar-refractivity contribution in [2.75, 3.05) is 46.4 Å². The summed E-state index contributed by atoms with van der Waals surface area (Å²) in [7, 11) is -1.66. The fourth-order valence-corrected chi connectivity index (χ4v) is 6.13. The van der Waals surface area contributed by atoms with Gasteiger partial charge in [0.1, 0.15) is 0 Å². The molecule has 0 aromatic carbocycles. The smallest absolute Gasteiger partial charge is 0.279 e. The van der Waals surface area contributed by atoms with Gasteiger partial charge in [-0.15, -0.1) is 0 Å². The van der Waals surface area contributed by atoms with Gasteiger partial charge in [0.25, 0.3) is 10.2 Å². The number of rotatable bonds is 7. The maximum atomic E-state index is 12.6. The number of piperidine rings is 2. The number of likely N-dealkylation sites (tertiary alicyclic amines) is 1. The van der Waals surface area contributed by atoms with Crippen molar-refractivity contribution in [3.05, 3.63) is 0 Å². The van der Waals surface area contributed by atoms with E-state index in [-0.39, 0.29) is 0 Å². The van der Waals surface area contributed by atoms with Crippen LogP contribution in [0.4, 0.5) is 0 Å². The van der Waals surface area contributed by atoms with Gasteiger partial charge >= 0.3 is 0 Å². The predicted molar refractivity (Wildman–Crippen MR) is 99.6 cm³/mol. The van der Waals surface area contributed by atoms with Crippen molar-refractivity contribution in [3.8, 4) is 0 Å². The number of methoxy groups -OCH3 is 1. The van der Waals surface area contributed by atoms with Crippen LogP contribution in [0.3, 0.4) is 0 Å². The molecule has 2 aliphatic heterocycles. The second-order valence-corrected chi connectivity index (χ2v) is 9.85. The highest BCUT2D eigenvalue weighted by Crippen LogP contribution is 2.28. The standard InChI is InChI=1S/C18H35N3O3S/c1-24-15-17-5-4-10-21(14-17)25(22,23)19-13-16-8-11-20(12-9-16)18-6-2-3-7-18/h16-19H,2-15H2,1H3. The van der Waals surface area contributed by atoms with E-state index in [4.69, 9.17) is 4.74 Å². The van der Waals surface area contributed by atoms with Crippen molar-refractivity contribution < 1.29 is 13.2 Å². The molecule has 3 rings (SSSR count). The van der Waals surface area contributed by atoms with Crippen molar-refractivity contribution in [3.63, 3.8) is 0 Å². The Balaban J connectivity index is 1.41. The number of nitrogens with one attached hydrogen (secondary N) is 1. The van der Waals surface area contributed by atoms with Gasteiger partial charge in [0.2, 0.25) is 0 Å². The molecule has 1 N–H and O–H groups in total. The molecular formula is C18H35N3O3S. The maximum absolute atomic E-state index is 12.6. The molecule has 25 heavy (non-hydrogen) atoms. The Bertz CT molecular complexity index is 498. The van der Waals surface area contributed by atoms with Crippen LogP contribution in [0.15, 0.2) is 0 Å². The molecule has 0 aromatic heterocycles. The zero-order valence-electron chi connectivity index (χ0n) is 15.7. The van der Waals surface area contributed by atoms with E-state index in [1.165, 1.54) is 25.7 Å². The molecule has 0 aromatic rings. The predicted octanol–water partition coefficient (Wildman–Crippen LogP) is 1.83. The highest BCUT2D eigenvalue weighted by atomic mass is 32.2. The quantitative estimate of drug-likeness (QED) is 0.740. The van der Waals surface area contributed by atoms with Crippen molar-refractivity contribution in [1.82, 2.24) is 13.9 Å². The van der Waals surface area contributed by atoms with E-state index in [2.05, 4.69) is 9.62 Å². The summed E-state index contributed by atoms with van der Waals surface area (Å²) < 4.78 is 34.9. The zero-order valence-corrected chi connectivity index (χ0v) is 16.5. The van der Waals surface area contributed by atoms with Crippen molar-refractivity contribution >= 4 is 10.2 Å². The summed E-state index contributed by atoms with van der Waals surface area (Å²) in [5.41, 5.74) is 0. The van der Waals surface area contributed by atoms with Crippen molar-refractivity contribution in [1.29, 1.82) is 0 Å².